The molecule has 162 valence electrons. The van der Waals surface area contributed by atoms with E-state index in [0.29, 0.717) is 12.2 Å². The quantitative estimate of drug-likeness (QED) is 0.482. The number of carbonyl (C=O) groups excluding carboxylic acids is 1. The number of aromatic nitrogens is 3. The lowest BCUT2D eigenvalue weighted by molar-refractivity contribution is -0.115. The Bertz CT molecular complexity index is 1240. The molecular weight excluding hydrogens is 400 g/mol. The topological polar surface area (TPSA) is 69.0 Å². The van der Waals surface area contributed by atoms with Gasteiger partial charge in [-0.15, -0.1) is 0 Å². The summed E-state index contributed by atoms with van der Waals surface area (Å²) >= 11 is 0. The summed E-state index contributed by atoms with van der Waals surface area (Å²) in [5.74, 6) is -0.0842. The van der Waals surface area contributed by atoms with Crippen molar-refractivity contribution in [3.05, 3.63) is 78.2 Å². The Balaban J connectivity index is 1.41. The van der Waals surface area contributed by atoms with Gasteiger partial charge in [-0.25, -0.2) is 0 Å². The average molecular weight is 427 g/mol. The highest BCUT2D eigenvalue weighted by molar-refractivity contribution is 6.00. The summed E-state index contributed by atoms with van der Waals surface area (Å²) < 4.78 is 7.51. The molecule has 0 aliphatic carbocycles. The van der Waals surface area contributed by atoms with Crippen molar-refractivity contribution < 1.29 is 9.53 Å². The zero-order valence-electron chi connectivity index (χ0n) is 18.1. The summed E-state index contributed by atoms with van der Waals surface area (Å²) in [7, 11) is 0. The van der Waals surface area contributed by atoms with E-state index in [9.17, 15) is 4.79 Å². The maximum absolute atomic E-state index is 13.0. The highest BCUT2D eigenvalue weighted by Gasteiger charge is 2.19. The number of hydrogen-bond donors (Lipinski definition) is 1. The van der Waals surface area contributed by atoms with Crippen LogP contribution in [0.4, 0.5) is 5.69 Å². The first-order valence-corrected chi connectivity index (χ1v) is 11.0. The molecule has 6 nitrogen and oxygen atoms in total. The minimum atomic E-state index is -0.0842. The van der Waals surface area contributed by atoms with Crippen LogP contribution in [0.3, 0.4) is 0 Å². The van der Waals surface area contributed by atoms with Crippen molar-refractivity contribution >= 4 is 22.5 Å². The third-order valence-electron chi connectivity index (χ3n) is 5.93. The molecule has 1 unspecified atom stereocenters. The number of nitrogens with one attached hydrogen (secondary N) is 1. The van der Waals surface area contributed by atoms with Gasteiger partial charge in [0.05, 0.1) is 36.5 Å². The number of rotatable bonds is 6. The fourth-order valence-corrected chi connectivity index (χ4v) is 4.42. The van der Waals surface area contributed by atoms with E-state index in [1.54, 1.807) is 6.20 Å². The SMILES string of the molecule is Cc1nc2ccccc2c(-c2ccccc2)c1CC(=O)Nc1cnn(CC2CCCO2)c1. The lowest BCUT2D eigenvalue weighted by atomic mass is 9.92. The standard InChI is InChI=1S/C26H26N4O2/c1-18-23(14-25(31)29-20-15-27-30(16-20)17-21-10-7-13-32-21)26(19-8-3-2-4-9-19)22-11-5-6-12-24(22)28-18/h2-6,8-9,11-12,15-16,21H,7,10,13-14,17H2,1H3,(H,29,31). The van der Waals surface area contributed by atoms with Crippen molar-refractivity contribution in [1.82, 2.24) is 14.8 Å². The van der Waals surface area contributed by atoms with Crippen molar-refractivity contribution in [3.8, 4) is 11.1 Å². The number of para-hydroxylation sites is 1. The fourth-order valence-electron chi connectivity index (χ4n) is 4.42. The van der Waals surface area contributed by atoms with Gasteiger partial charge in [-0.1, -0.05) is 48.5 Å². The van der Waals surface area contributed by atoms with Crippen LogP contribution < -0.4 is 5.32 Å². The van der Waals surface area contributed by atoms with Gasteiger partial charge in [0, 0.05) is 23.9 Å². The van der Waals surface area contributed by atoms with Crippen LogP contribution >= 0.6 is 0 Å². The van der Waals surface area contributed by atoms with Gasteiger partial charge in [-0.2, -0.15) is 5.10 Å². The number of pyridine rings is 1. The van der Waals surface area contributed by atoms with Crippen LogP contribution in [0.1, 0.15) is 24.1 Å². The molecule has 32 heavy (non-hydrogen) atoms. The van der Waals surface area contributed by atoms with Crippen molar-refractivity contribution in [3.63, 3.8) is 0 Å². The van der Waals surface area contributed by atoms with E-state index < -0.39 is 0 Å². The van der Waals surface area contributed by atoms with Gasteiger partial charge in [-0.3, -0.25) is 14.5 Å². The number of amides is 1. The van der Waals surface area contributed by atoms with Gasteiger partial charge in [0.2, 0.25) is 5.91 Å². The molecule has 2 aromatic carbocycles. The number of nitrogens with zero attached hydrogens (tertiary/aromatic N) is 3. The molecule has 6 heteroatoms. The molecule has 1 N–H and O–H groups in total. The van der Waals surface area contributed by atoms with Crippen LogP contribution in [0, 0.1) is 6.92 Å². The van der Waals surface area contributed by atoms with E-state index in [2.05, 4.69) is 28.6 Å². The second kappa shape index (κ2) is 8.93. The third-order valence-corrected chi connectivity index (χ3v) is 5.93. The van der Waals surface area contributed by atoms with Gasteiger partial charge in [0.1, 0.15) is 0 Å². The molecule has 4 aromatic rings. The van der Waals surface area contributed by atoms with E-state index in [0.717, 1.165) is 52.7 Å². The highest BCUT2D eigenvalue weighted by atomic mass is 16.5. The molecule has 1 atom stereocenters. The van der Waals surface area contributed by atoms with Crippen molar-refractivity contribution in [1.29, 1.82) is 0 Å². The Hall–Kier alpha value is -3.51. The zero-order chi connectivity index (χ0) is 21.9. The second-order valence-electron chi connectivity index (χ2n) is 8.24. The smallest absolute Gasteiger partial charge is 0.228 e. The Morgan fingerprint density at radius 3 is 2.78 bits per heavy atom. The van der Waals surface area contributed by atoms with Gasteiger partial charge in [-0.05, 0) is 42.5 Å². The minimum Gasteiger partial charge on any atom is -0.376 e. The van der Waals surface area contributed by atoms with Crippen LogP contribution in [-0.2, 0) is 22.5 Å². The Morgan fingerprint density at radius 2 is 1.97 bits per heavy atom. The Morgan fingerprint density at radius 1 is 1.16 bits per heavy atom. The van der Waals surface area contributed by atoms with Crippen molar-refractivity contribution in [2.75, 3.05) is 11.9 Å². The summed E-state index contributed by atoms with van der Waals surface area (Å²) in [5.41, 5.74) is 5.59. The van der Waals surface area contributed by atoms with E-state index in [1.807, 2.05) is 54.2 Å². The van der Waals surface area contributed by atoms with Crippen molar-refractivity contribution in [2.45, 2.75) is 38.8 Å². The zero-order valence-corrected chi connectivity index (χ0v) is 18.1. The van der Waals surface area contributed by atoms with Gasteiger partial charge < -0.3 is 10.1 Å². The third kappa shape index (κ3) is 4.27. The number of anilines is 1. The lowest BCUT2D eigenvalue weighted by Crippen LogP contribution is -2.17. The number of carbonyl (C=O) groups is 1. The summed E-state index contributed by atoms with van der Waals surface area (Å²) in [4.78, 5) is 17.8. The van der Waals surface area contributed by atoms with E-state index in [1.165, 1.54) is 0 Å². The van der Waals surface area contributed by atoms with Crippen molar-refractivity contribution in [2.24, 2.45) is 0 Å². The number of ether oxygens (including phenoxy) is 1. The molecule has 1 aliphatic heterocycles. The number of fused-ring (bicyclic) bond motifs is 1. The predicted octanol–water partition coefficient (Wildman–Crippen LogP) is 4.77. The average Bonchev–Trinajstić information content (AvgIpc) is 3.47. The lowest BCUT2D eigenvalue weighted by Gasteiger charge is -2.16. The molecule has 1 aliphatic rings. The second-order valence-corrected chi connectivity index (χ2v) is 8.24. The first-order valence-electron chi connectivity index (χ1n) is 11.0. The molecule has 0 bridgehead atoms. The van der Waals surface area contributed by atoms with E-state index in [4.69, 9.17) is 9.72 Å². The molecule has 0 radical (unpaired) electrons. The monoisotopic (exact) mass is 426 g/mol. The molecular formula is C26H26N4O2. The number of benzene rings is 2. The summed E-state index contributed by atoms with van der Waals surface area (Å²) in [6.45, 7) is 3.50. The fraction of sp³-hybridized carbons (Fsp3) is 0.269. The minimum absolute atomic E-state index is 0.0842. The highest BCUT2D eigenvalue weighted by Crippen LogP contribution is 2.33. The van der Waals surface area contributed by atoms with Crippen LogP contribution in [0.15, 0.2) is 67.0 Å². The number of aryl methyl sites for hydroxylation is 1. The summed E-state index contributed by atoms with van der Waals surface area (Å²) in [6, 6.07) is 18.3. The van der Waals surface area contributed by atoms with E-state index >= 15 is 0 Å². The maximum atomic E-state index is 13.0. The first kappa shape index (κ1) is 20.4. The molecule has 0 saturated carbocycles. The normalized spacial score (nSPS) is 15.8. The Kier molecular flexibility index (Phi) is 5.69. The van der Waals surface area contributed by atoms with Crippen LogP contribution in [-0.4, -0.2) is 33.4 Å². The molecule has 5 rings (SSSR count). The molecule has 0 spiro atoms. The van der Waals surface area contributed by atoms with Crippen LogP contribution in [0.5, 0.6) is 0 Å². The summed E-state index contributed by atoms with van der Waals surface area (Å²) in [5, 5.41) is 8.42. The summed E-state index contributed by atoms with van der Waals surface area (Å²) in [6.07, 6.45) is 6.15. The van der Waals surface area contributed by atoms with E-state index in [-0.39, 0.29) is 18.4 Å². The van der Waals surface area contributed by atoms with Gasteiger partial charge >= 0.3 is 0 Å². The predicted molar refractivity (Wildman–Crippen MR) is 125 cm³/mol. The maximum Gasteiger partial charge on any atom is 0.228 e. The molecule has 1 amide bonds. The number of hydrogen-bond acceptors (Lipinski definition) is 4. The first-order chi connectivity index (χ1) is 15.7. The van der Waals surface area contributed by atoms with Gasteiger partial charge in [0.25, 0.3) is 0 Å². The molecule has 1 saturated heterocycles. The van der Waals surface area contributed by atoms with Crippen LogP contribution in [0.25, 0.3) is 22.0 Å². The molecule has 2 aromatic heterocycles. The van der Waals surface area contributed by atoms with Gasteiger partial charge in [0.15, 0.2) is 0 Å². The molecule has 3 heterocycles. The van der Waals surface area contributed by atoms with Crippen LogP contribution in [0.2, 0.25) is 0 Å². The Labute approximate surface area is 187 Å². The largest absolute Gasteiger partial charge is 0.376 e. The molecule has 1 fully saturated rings.